The number of hydrogen-bond acceptors (Lipinski definition) is 4. The molecule has 0 bridgehead atoms. The number of H-pyrrole nitrogens is 1. The van der Waals surface area contributed by atoms with E-state index in [1.807, 2.05) is 37.8 Å². The molecule has 1 aromatic heterocycles. The van der Waals surface area contributed by atoms with Crippen LogP contribution in [0.15, 0.2) is 42.5 Å². The number of rotatable bonds is 1. The Bertz CT molecular complexity index is 1570. The molecule has 7 heteroatoms. The highest BCUT2D eigenvalue weighted by Gasteiger charge is 2.48. The highest BCUT2D eigenvalue weighted by atomic mass is 35.5. The van der Waals surface area contributed by atoms with E-state index in [9.17, 15) is 4.79 Å². The topological polar surface area (TPSA) is 67.5 Å². The predicted octanol–water partition coefficient (Wildman–Crippen LogP) is 7.78. The molecule has 0 spiro atoms. The molecule has 3 atom stereocenters. The fraction of sp³-hybridized carbons (Fsp3) is 0.400. The average molecular weight is 516 g/mol. The molecule has 4 aromatic rings. The highest BCUT2D eigenvalue weighted by Crippen LogP contribution is 2.48. The van der Waals surface area contributed by atoms with Crippen molar-refractivity contribution in [1.29, 1.82) is 0 Å². The molecule has 3 aliphatic rings. The fourth-order valence-electron chi connectivity index (χ4n) is 6.55. The molecule has 3 heterocycles. The number of benzene rings is 3. The molecular formula is C30H30ClN3O3. The second-order valence-corrected chi connectivity index (χ2v) is 12.1. The molecule has 7 rings (SSSR count). The molecule has 1 saturated heterocycles. The minimum absolute atomic E-state index is 0.113. The molecule has 0 radical (unpaired) electrons. The largest absolute Gasteiger partial charge is 0.488 e. The molecule has 1 saturated carbocycles. The zero-order chi connectivity index (χ0) is 25.5. The summed E-state index contributed by atoms with van der Waals surface area (Å²) in [7, 11) is 0. The number of aromatic nitrogens is 2. The van der Waals surface area contributed by atoms with Crippen LogP contribution in [0, 0.1) is 5.92 Å². The van der Waals surface area contributed by atoms with Gasteiger partial charge in [-0.15, -0.1) is 0 Å². The van der Waals surface area contributed by atoms with Gasteiger partial charge in [0.1, 0.15) is 23.8 Å². The summed E-state index contributed by atoms with van der Waals surface area (Å²) in [6.07, 6.45) is 4.02. The Kier molecular flexibility index (Phi) is 5.03. The van der Waals surface area contributed by atoms with E-state index in [4.69, 9.17) is 26.1 Å². The molecule has 1 amide bonds. The van der Waals surface area contributed by atoms with Gasteiger partial charge in [-0.1, -0.05) is 30.2 Å². The maximum atomic E-state index is 13.3. The van der Waals surface area contributed by atoms with E-state index >= 15 is 0 Å². The molecule has 1 unspecified atom stereocenters. The summed E-state index contributed by atoms with van der Waals surface area (Å²) in [6, 6.07) is 14.5. The lowest BCUT2D eigenvalue weighted by molar-refractivity contribution is 0.0130. The molecule has 37 heavy (non-hydrogen) atoms. The number of hydrogen-bond donors (Lipinski definition) is 1. The van der Waals surface area contributed by atoms with E-state index in [-0.39, 0.29) is 18.2 Å². The van der Waals surface area contributed by atoms with E-state index < -0.39 is 5.60 Å². The normalized spacial score (nSPS) is 22.6. The molecule has 3 aromatic carbocycles. The van der Waals surface area contributed by atoms with Gasteiger partial charge < -0.3 is 14.5 Å². The van der Waals surface area contributed by atoms with Crippen molar-refractivity contribution in [3.8, 4) is 16.9 Å². The first kappa shape index (κ1) is 22.9. The Morgan fingerprint density at radius 2 is 2.00 bits per heavy atom. The van der Waals surface area contributed by atoms with Gasteiger partial charge >= 0.3 is 6.09 Å². The molecule has 2 aliphatic heterocycles. The van der Waals surface area contributed by atoms with Gasteiger partial charge in [0.25, 0.3) is 0 Å². The SMILES string of the molecule is CC(C)(C)OC(=O)N1C(c2nc3ccc4cc5c(cc4c3[nH]2)OCc2cc(Cl)ccc2-5)C[C@@H]2CCC[C@@H]21. The van der Waals surface area contributed by atoms with Gasteiger partial charge in [0, 0.05) is 22.0 Å². The summed E-state index contributed by atoms with van der Waals surface area (Å²) in [6.45, 7) is 6.26. The second-order valence-electron chi connectivity index (χ2n) is 11.6. The van der Waals surface area contributed by atoms with Crippen LogP contribution in [0.1, 0.15) is 63.9 Å². The Morgan fingerprint density at radius 1 is 1.14 bits per heavy atom. The predicted molar refractivity (Wildman–Crippen MR) is 145 cm³/mol. The number of carbonyl (C=O) groups excluding carboxylic acids is 1. The van der Waals surface area contributed by atoms with Crippen molar-refractivity contribution in [3.63, 3.8) is 0 Å². The summed E-state index contributed by atoms with van der Waals surface area (Å²) in [4.78, 5) is 23.9. The van der Waals surface area contributed by atoms with Crippen LogP contribution in [0.25, 0.3) is 32.9 Å². The number of aromatic amines is 1. The van der Waals surface area contributed by atoms with E-state index in [0.717, 1.165) is 80.8 Å². The quantitative estimate of drug-likeness (QED) is 0.281. The Morgan fingerprint density at radius 3 is 2.84 bits per heavy atom. The van der Waals surface area contributed by atoms with Crippen LogP contribution in [-0.4, -0.2) is 32.6 Å². The molecule has 2 fully saturated rings. The van der Waals surface area contributed by atoms with Gasteiger partial charge in [-0.3, -0.25) is 4.90 Å². The van der Waals surface area contributed by atoms with Gasteiger partial charge in [0.05, 0.1) is 17.1 Å². The van der Waals surface area contributed by atoms with Gasteiger partial charge in [0.15, 0.2) is 0 Å². The summed E-state index contributed by atoms with van der Waals surface area (Å²) in [5.74, 6) is 2.19. The van der Waals surface area contributed by atoms with Gasteiger partial charge in [-0.25, -0.2) is 9.78 Å². The first-order chi connectivity index (χ1) is 17.7. The summed E-state index contributed by atoms with van der Waals surface area (Å²) >= 11 is 6.21. The number of fused-ring (bicyclic) bond motifs is 7. The number of imidazole rings is 1. The van der Waals surface area contributed by atoms with Crippen molar-refractivity contribution in [2.75, 3.05) is 0 Å². The number of likely N-dealkylation sites (tertiary alicyclic amines) is 1. The zero-order valence-corrected chi connectivity index (χ0v) is 22.1. The molecule has 1 N–H and O–H groups in total. The lowest BCUT2D eigenvalue weighted by Gasteiger charge is -2.31. The Balaban J connectivity index is 1.31. The average Bonchev–Trinajstić information content (AvgIpc) is 3.55. The maximum absolute atomic E-state index is 13.3. The number of nitrogens with one attached hydrogen (secondary N) is 1. The smallest absolute Gasteiger partial charge is 0.411 e. The van der Waals surface area contributed by atoms with Crippen LogP contribution < -0.4 is 4.74 Å². The van der Waals surface area contributed by atoms with Crippen LogP contribution >= 0.6 is 11.6 Å². The van der Waals surface area contributed by atoms with E-state index in [2.05, 4.69) is 35.3 Å². The number of carbonyl (C=O) groups is 1. The van der Waals surface area contributed by atoms with Crippen molar-refractivity contribution in [2.45, 2.75) is 70.7 Å². The number of halogens is 1. The number of amides is 1. The van der Waals surface area contributed by atoms with E-state index in [1.165, 1.54) is 0 Å². The third-order valence-electron chi connectivity index (χ3n) is 8.09. The first-order valence-electron chi connectivity index (χ1n) is 13.1. The number of ether oxygens (including phenoxy) is 2. The van der Waals surface area contributed by atoms with Crippen LogP contribution in [-0.2, 0) is 11.3 Å². The molecular weight excluding hydrogens is 486 g/mol. The summed E-state index contributed by atoms with van der Waals surface area (Å²) in [5.41, 5.74) is 4.66. The van der Waals surface area contributed by atoms with Crippen molar-refractivity contribution in [1.82, 2.24) is 14.9 Å². The first-order valence-corrected chi connectivity index (χ1v) is 13.5. The Hall–Kier alpha value is -3.25. The van der Waals surface area contributed by atoms with Gasteiger partial charge in [0.2, 0.25) is 0 Å². The lowest BCUT2D eigenvalue weighted by Crippen LogP contribution is -2.41. The highest BCUT2D eigenvalue weighted by molar-refractivity contribution is 6.30. The summed E-state index contributed by atoms with van der Waals surface area (Å²) in [5, 5.41) is 2.89. The van der Waals surface area contributed by atoms with Crippen molar-refractivity contribution < 1.29 is 14.3 Å². The summed E-state index contributed by atoms with van der Waals surface area (Å²) < 4.78 is 12.0. The fourth-order valence-corrected chi connectivity index (χ4v) is 6.74. The van der Waals surface area contributed by atoms with Crippen molar-refractivity contribution in [3.05, 3.63) is 58.9 Å². The van der Waals surface area contributed by atoms with Gasteiger partial charge in [-0.05, 0) is 92.8 Å². The Labute approximate surface area is 220 Å². The maximum Gasteiger partial charge on any atom is 0.411 e. The van der Waals surface area contributed by atoms with Gasteiger partial charge in [-0.2, -0.15) is 0 Å². The molecule has 6 nitrogen and oxygen atoms in total. The van der Waals surface area contributed by atoms with E-state index in [0.29, 0.717) is 12.5 Å². The minimum Gasteiger partial charge on any atom is -0.488 e. The van der Waals surface area contributed by atoms with Crippen LogP contribution in [0.5, 0.6) is 5.75 Å². The number of nitrogens with zero attached hydrogens (tertiary/aromatic N) is 2. The monoisotopic (exact) mass is 515 g/mol. The van der Waals surface area contributed by atoms with Crippen molar-refractivity contribution >= 4 is 39.5 Å². The molecule has 1 aliphatic carbocycles. The van der Waals surface area contributed by atoms with Crippen LogP contribution in [0.2, 0.25) is 5.02 Å². The van der Waals surface area contributed by atoms with Crippen molar-refractivity contribution in [2.24, 2.45) is 5.92 Å². The standard InChI is InChI=1S/C30H30ClN3O3/c1-30(2,3)37-29(35)34-24-6-4-5-17(24)13-25(34)28-32-23-10-7-16-12-22-20-9-8-19(31)11-18(20)15-36-26(22)14-21(16)27(23)33-28/h7-12,14,17,24-25H,4-6,13,15H2,1-3H3,(H,32,33)/t17-,24-,25?/m0/s1. The van der Waals surface area contributed by atoms with Crippen LogP contribution in [0.4, 0.5) is 4.79 Å². The third-order valence-corrected chi connectivity index (χ3v) is 8.33. The second kappa shape index (κ2) is 8.12. The van der Waals surface area contributed by atoms with E-state index in [1.54, 1.807) is 0 Å². The lowest BCUT2D eigenvalue weighted by atomic mass is 9.94. The zero-order valence-electron chi connectivity index (χ0n) is 21.3. The van der Waals surface area contributed by atoms with Crippen LogP contribution in [0.3, 0.4) is 0 Å². The molecule has 190 valence electrons. The third kappa shape index (κ3) is 3.76. The minimum atomic E-state index is -0.536.